The van der Waals surface area contributed by atoms with Gasteiger partial charge in [0, 0.05) is 23.5 Å². The van der Waals surface area contributed by atoms with Crippen molar-refractivity contribution in [1.29, 1.82) is 5.26 Å². The minimum atomic E-state index is -3.93. The molecular formula is C30H25N5O3S2. The molecule has 3 aromatic carbocycles. The molecule has 200 valence electrons. The van der Waals surface area contributed by atoms with Gasteiger partial charge in [0.05, 0.1) is 45.7 Å². The van der Waals surface area contributed by atoms with Crippen molar-refractivity contribution in [2.24, 2.45) is 0 Å². The Labute approximate surface area is 236 Å². The van der Waals surface area contributed by atoms with Crippen LogP contribution in [0.2, 0.25) is 0 Å². The van der Waals surface area contributed by atoms with Crippen LogP contribution in [-0.4, -0.2) is 29.9 Å². The van der Waals surface area contributed by atoms with E-state index >= 15 is 0 Å². The summed E-state index contributed by atoms with van der Waals surface area (Å²) in [6.07, 6.45) is 5.36. The number of fused-ring (bicyclic) bond motifs is 1. The van der Waals surface area contributed by atoms with E-state index < -0.39 is 10.0 Å². The third-order valence-corrected chi connectivity index (χ3v) is 9.70. The molecule has 40 heavy (non-hydrogen) atoms. The van der Waals surface area contributed by atoms with Crippen LogP contribution in [0.15, 0.2) is 96.3 Å². The molecule has 1 saturated carbocycles. The standard InChI is InChI=1S/C30H25N5O3S2/c31-16-21-6-8-22(9-7-21)18-34-20-32-17-26(34)19-35(40(37,38)27-4-2-1-3-5-27)25-12-13-28-23(14-25)15-29(39-28)30(36)33-24-10-11-24/h1-9,12-15,17,20,24H,10-11,18-19H2,(H,33,36). The number of thiophene rings is 1. The molecule has 5 aromatic rings. The second kappa shape index (κ2) is 10.6. The average molecular weight is 568 g/mol. The number of rotatable bonds is 9. The lowest BCUT2D eigenvalue weighted by Gasteiger charge is -2.25. The summed E-state index contributed by atoms with van der Waals surface area (Å²) < 4.78 is 32.2. The number of imidazole rings is 1. The minimum Gasteiger partial charge on any atom is -0.349 e. The fourth-order valence-electron chi connectivity index (χ4n) is 4.47. The number of benzene rings is 3. The highest BCUT2D eigenvalue weighted by atomic mass is 32.2. The number of anilines is 1. The molecule has 10 heteroatoms. The predicted molar refractivity (Wildman–Crippen MR) is 155 cm³/mol. The molecule has 8 nitrogen and oxygen atoms in total. The van der Waals surface area contributed by atoms with Crippen LogP contribution in [0.3, 0.4) is 0 Å². The normalized spacial score (nSPS) is 13.2. The minimum absolute atomic E-state index is 0.0537. The molecule has 0 saturated heterocycles. The first kappa shape index (κ1) is 25.8. The first-order valence-electron chi connectivity index (χ1n) is 12.8. The largest absolute Gasteiger partial charge is 0.349 e. The quantitative estimate of drug-likeness (QED) is 0.260. The predicted octanol–water partition coefficient (Wildman–Crippen LogP) is 5.31. The van der Waals surface area contributed by atoms with Crippen molar-refractivity contribution in [1.82, 2.24) is 14.9 Å². The first-order chi connectivity index (χ1) is 19.4. The van der Waals surface area contributed by atoms with Gasteiger partial charge < -0.3 is 9.88 Å². The van der Waals surface area contributed by atoms with Gasteiger partial charge in [-0.1, -0.05) is 30.3 Å². The van der Waals surface area contributed by atoms with Crippen molar-refractivity contribution in [2.45, 2.75) is 36.9 Å². The van der Waals surface area contributed by atoms with Crippen LogP contribution < -0.4 is 9.62 Å². The number of hydrogen-bond donors (Lipinski definition) is 1. The van der Waals surface area contributed by atoms with Crippen LogP contribution in [0.4, 0.5) is 5.69 Å². The van der Waals surface area contributed by atoms with E-state index in [1.807, 2.05) is 34.9 Å². The van der Waals surface area contributed by atoms with E-state index in [-0.39, 0.29) is 23.4 Å². The number of nitrogens with one attached hydrogen (secondary N) is 1. The number of carbonyl (C=O) groups is 1. The van der Waals surface area contributed by atoms with Crippen LogP contribution in [-0.2, 0) is 23.1 Å². The second-order valence-corrected chi connectivity index (χ2v) is 12.7. The zero-order chi connectivity index (χ0) is 27.7. The summed E-state index contributed by atoms with van der Waals surface area (Å²) >= 11 is 1.40. The van der Waals surface area contributed by atoms with Crippen molar-refractivity contribution in [3.63, 3.8) is 0 Å². The maximum Gasteiger partial charge on any atom is 0.264 e. The molecule has 6 rings (SSSR count). The van der Waals surface area contributed by atoms with Gasteiger partial charge in [-0.2, -0.15) is 5.26 Å². The van der Waals surface area contributed by atoms with E-state index in [0.717, 1.165) is 28.5 Å². The summed E-state index contributed by atoms with van der Waals surface area (Å²) in [5, 5.41) is 12.9. The lowest BCUT2D eigenvalue weighted by molar-refractivity contribution is 0.0955. The summed E-state index contributed by atoms with van der Waals surface area (Å²) in [5.74, 6) is -0.0919. The van der Waals surface area contributed by atoms with Gasteiger partial charge >= 0.3 is 0 Å². The van der Waals surface area contributed by atoms with Crippen molar-refractivity contribution >= 4 is 43.0 Å². The Bertz CT molecular complexity index is 1830. The molecular weight excluding hydrogens is 542 g/mol. The third-order valence-electron chi connectivity index (χ3n) is 6.80. The van der Waals surface area contributed by atoms with Gasteiger partial charge in [-0.05, 0) is 72.3 Å². The number of nitriles is 1. The van der Waals surface area contributed by atoms with Gasteiger partial charge in [-0.15, -0.1) is 11.3 Å². The number of nitrogens with zero attached hydrogens (tertiary/aromatic N) is 4. The fraction of sp³-hybridized carbons (Fsp3) is 0.167. The molecule has 2 aromatic heterocycles. The van der Waals surface area contributed by atoms with E-state index in [9.17, 15) is 13.2 Å². The number of carbonyl (C=O) groups excluding carboxylic acids is 1. The van der Waals surface area contributed by atoms with Gasteiger partial charge in [-0.3, -0.25) is 9.10 Å². The molecule has 1 fully saturated rings. The van der Waals surface area contributed by atoms with Gasteiger partial charge in [0.25, 0.3) is 15.9 Å². The van der Waals surface area contributed by atoms with E-state index in [1.54, 1.807) is 61.1 Å². The third kappa shape index (κ3) is 5.34. The molecule has 0 aliphatic heterocycles. The van der Waals surface area contributed by atoms with Gasteiger partial charge in [0.15, 0.2) is 0 Å². The van der Waals surface area contributed by atoms with Crippen molar-refractivity contribution in [3.05, 3.63) is 113 Å². The highest BCUT2D eigenvalue weighted by molar-refractivity contribution is 7.92. The van der Waals surface area contributed by atoms with Gasteiger partial charge in [0.1, 0.15) is 0 Å². The lowest BCUT2D eigenvalue weighted by atomic mass is 10.1. The molecule has 0 unspecified atom stereocenters. The van der Waals surface area contributed by atoms with E-state index in [1.165, 1.54) is 15.6 Å². The molecule has 1 aliphatic rings. The summed E-state index contributed by atoms with van der Waals surface area (Å²) in [6.45, 7) is 0.529. The highest BCUT2D eigenvalue weighted by Crippen LogP contribution is 2.33. The molecule has 1 amide bonds. The Balaban J connectivity index is 1.36. The summed E-state index contributed by atoms with van der Waals surface area (Å²) in [7, 11) is -3.93. The molecule has 0 atom stereocenters. The van der Waals surface area contributed by atoms with Crippen LogP contribution in [0.1, 0.15) is 39.3 Å². The van der Waals surface area contributed by atoms with Crippen LogP contribution >= 0.6 is 11.3 Å². The Hall–Kier alpha value is -4.46. The van der Waals surface area contributed by atoms with E-state index in [2.05, 4.69) is 16.4 Å². The Morgan fingerprint density at radius 1 is 1.07 bits per heavy atom. The van der Waals surface area contributed by atoms with Crippen LogP contribution in [0.5, 0.6) is 0 Å². The maximum atomic E-state index is 14.0. The van der Waals surface area contributed by atoms with Gasteiger partial charge in [0.2, 0.25) is 0 Å². The zero-order valence-corrected chi connectivity index (χ0v) is 23.0. The smallest absolute Gasteiger partial charge is 0.264 e. The molecule has 1 aliphatic carbocycles. The molecule has 0 spiro atoms. The molecule has 0 bridgehead atoms. The number of hydrogen-bond acceptors (Lipinski definition) is 6. The molecule has 1 N–H and O–H groups in total. The van der Waals surface area contributed by atoms with Crippen molar-refractivity contribution in [3.8, 4) is 6.07 Å². The number of aromatic nitrogens is 2. The Morgan fingerprint density at radius 2 is 1.85 bits per heavy atom. The van der Waals surface area contributed by atoms with Gasteiger partial charge in [-0.25, -0.2) is 13.4 Å². The second-order valence-electron chi connectivity index (χ2n) is 9.73. The van der Waals surface area contributed by atoms with Crippen molar-refractivity contribution in [2.75, 3.05) is 4.31 Å². The first-order valence-corrected chi connectivity index (χ1v) is 15.1. The number of sulfonamides is 1. The van der Waals surface area contributed by atoms with Crippen LogP contribution in [0.25, 0.3) is 10.1 Å². The zero-order valence-electron chi connectivity index (χ0n) is 21.4. The summed E-state index contributed by atoms with van der Waals surface area (Å²) in [6, 6.07) is 25.3. The average Bonchev–Trinajstić information content (AvgIpc) is 3.51. The monoisotopic (exact) mass is 567 g/mol. The summed E-state index contributed by atoms with van der Waals surface area (Å²) in [4.78, 5) is 17.7. The van der Waals surface area contributed by atoms with Crippen LogP contribution in [0, 0.1) is 11.3 Å². The fourth-order valence-corrected chi connectivity index (χ4v) is 6.86. The van der Waals surface area contributed by atoms with Crippen molar-refractivity contribution < 1.29 is 13.2 Å². The topological polar surface area (TPSA) is 108 Å². The van der Waals surface area contributed by atoms with E-state index in [4.69, 9.17) is 5.26 Å². The Morgan fingerprint density at radius 3 is 2.58 bits per heavy atom. The Kier molecular flexibility index (Phi) is 6.84. The lowest BCUT2D eigenvalue weighted by Crippen LogP contribution is -2.31. The molecule has 0 radical (unpaired) electrons. The summed E-state index contributed by atoms with van der Waals surface area (Å²) in [5.41, 5.74) is 2.74. The highest BCUT2D eigenvalue weighted by Gasteiger charge is 2.28. The SMILES string of the molecule is N#Cc1ccc(Cn2cncc2CN(c2ccc3sc(C(=O)NC4CC4)cc3c2)S(=O)(=O)c2ccccc2)cc1. The molecule has 2 heterocycles. The maximum absolute atomic E-state index is 14.0. The number of amides is 1. The van der Waals surface area contributed by atoms with E-state index in [0.29, 0.717) is 28.4 Å².